The highest BCUT2D eigenvalue weighted by Crippen LogP contribution is 2.23. The molecule has 2 aromatic carbocycles. The van der Waals surface area contributed by atoms with Gasteiger partial charge in [0, 0.05) is 44.3 Å². The summed E-state index contributed by atoms with van der Waals surface area (Å²) in [5.74, 6) is -0.113. The summed E-state index contributed by atoms with van der Waals surface area (Å²) in [7, 11) is -3.56. The number of sulfonamides is 1. The van der Waals surface area contributed by atoms with Crippen LogP contribution in [-0.4, -0.2) is 62.9 Å². The van der Waals surface area contributed by atoms with E-state index in [1.165, 1.54) is 11.6 Å². The molecule has 0 spiro atoms. The van der Waals surface area contributed by atoms with Gasteiger partial charge in [0.1, 0.15) is 0 Å². The highest BCUT2D eigenvalue weighted by atomic mass is 32.2. The van der Waals surface area contributed by atoms with Gasteiger partial charge in [0.05, 0.1) is 4.90 Å². The second kappa shape index (κ2) is 9.12. The molecule has 7 heteroatoms. The van der Waals surface area contributed by atoms with Crippen molar-refractivity contribution in [3.8, 4) is 0 Å². The van der Waals surface area contributed by atoms with Crippen LogP contribution in [0.5, 0.6) is 0 Å². The van der Waals surface area contributed by atoms with Crippen LogP contribution in [0, 0.1) is 0 Å². The zero-order chi connectivity index (χ0) is 21.0. The maximum Gasteiger partial charge on any atom is 0.253 e. The molecular formula is C23H27N3O3S. The van der Waals surface area contributed by atoms with Gasteiger partial charge in [-0.1, -0.05) is 48.6 Å². The van der Waals surface area contributed by atoms with Crippen molar-refractivity contribution in [2.45, 2.75) is 23.8 Å². The first-order valence-corrected chi connectivity index (χ1v) is 11.9. The third-order valence-corrected chi connectivity index (χ3v) is 6.94. The molecule has 2 aliphatic rings. The Morgan fingerprint density at radius 2 is 1.73 bits per heavy atom. The van der Waals surface area contributed by atoms with Crippen LogP contribution < -0.4 is 4.72 Å². The Hall–Kier alpha value is -2.48. The minimum atomic E-state index is -3.56. The summed E-state index contributed by atoms with van der Waals surface area (Å²) in [6.45, 7) is 3.71. The minimum absolute atomic E-state index is 0.0402. The van der Waals surface area contributed by atoms with E-state index in [0.717, 1.165) is 32.5 Å². The average Bonchev–Trinajstić information content (AvgIpc) is 3.58. The summed E-state index contributed by atoms with van der Waals surface area (Å²) < 4.78 is 27.5. The van der Waals surface area contributed by atoms with Crippen LogP contribution in [0.2, 0.25) is 0 Å². The van der Waals surface area contributed by atoms with Crippen LogP contribution in [0.25, 0.3) is 6.08 Å². The lowest BCUT2D eigenvalue weighted by Crippen LogP contribution is -2.48. The van der Waals surface area contributed by atoms with Gasteiger partial charge in [-0.25, -0.2) is 13.1 Å². The number of hydrogen-bond donors (Lipinski definition) is 1. The van der Waals surface area contributed by atoms with Gasteiger partial charge in [0.15, 0.2) is 0 Å². The van der Waals surface area contributed by atoms with E-state index in [-0.39, 0.29) is 16.8 Å². The summed E-state index contributed by atoms with van der Waals surface area (Å²) in [6.07, 6.45) is 6.01. The first-order valence-electron chi connectivity index (χ1n) is 10.4. The van der Waals surface area contributed by atoms with E-state index in [4.69, 9.17) is 0 Å². The molecule has 0 bridgehead atoms. The third-order valence-electron chi connectivity index (χ3n) is 5.42. The highest BCUT2D eigenvalue weighted by molar-refractivity contribution is 7.89. The van der Waals surface area contributed by atoms with E-state index in [1.54, 1.807) is 23.1 Å². The van der Waals surface area contributed by atoms with E-state index in [0.29, 0.717) is 18.7 Å². The van der Waals surface area contributed by atoms with Crippen molar-refractivity contribution >= 4 is 22.0 Å². The minimum Gasteiger partial charge on any atom is -0.336 e. The number of benzene rings is 2. The van der Waals surface area contributed by atoms with Gasteiger partial charge >= 0.3 is 0 Å². The number of nitrogens with zero attached hydrogens (tertiary/aromatic N) is 2. The molecule has 0 unspecified atom stereocenters. The summed E-state index contributed by atoms with van der Waals surface area (Å²) in [5, 5.41) is 0. The first-order chi connectivity index (χ1) is 14.5. The average molecular weight is 426 g/mol. The van der Waals surface area contributed by atoms with Crippen LogP contribution in [0.4, 0.5) is 0 Å². The quantitative estimate of drug-likeness (QED) is 0.740. The Morgan fingerprint density at radius 3 is 2.43 bits per heavy atom. The summed E-state index contributed by atoms with van der Waals surface area (Å²) in [4.78, 5) is 17.2. The molecule has 1 N–H and O–H groups in total. The van der Waals surface area contributed by atoms with E-state index in [2.05, 4.69) is 33.9 Å². The Morgan fingerprint density at radius 1 is 1.00 bits per heavy atom. The number of rotatable bonds is 7. The summed E-state index contributed by atoms with van der Waals surface area (Å²) in [5.41, 5.74) is 1.60. The molecule has 30 heavy (non-hydrogen) atoms. The number of carbonyl (C=O) groups excluding carboxylic acids is 1. The molecule has 0 aromatic heterocycles. The van der Waals surface area contributed by atoms with Crippen LogP contribution in [0.3, 0.4) is 0 Å². The molecule has 1 heterocycles. The molecular weight excluding hydrogens is 398 g/mol. The number of amides is 1. The van der Waals surface area contributed by atoms with E-state index in [9.17, 15) is 13.2 Å². The molecule has 6 nitrogen and oxygen atoms in total. The van der Waals surface area contributed by atoms with Crippen molar-refractivity contribution in [3.63, 3.8) is 0 Å². The van der Waals surface area contributed by atoms with Crippen LogP contribution in [-0.2, 0) is 10.0 Å². The second-order valence-corrected chi connectivity index (χ2v) is 9.54. The van der Waals surface area contributed by atoms with Gasteiger partial charge in [0.25, 0.3) is 5.91 Å². The van der Waals surface area contributed by atoms with Crippen LogP contribution in [0.15, 0.2) is 65.6 Å². The Balaban J connectivity index is 1.32. The van der Waals surface area contributed by atoms with Crippen molar-refractivity contribution in [1.29, 1.82) is 0 Å². The molecule has 0 radical (unpaired) electrons. The molecule has 2 fully saturated rings. The molecule has 1 amide bonds. The van der Waals surface area contributed by atoms with Crippen molar-refractivity contribution in [1.82, 2.24) is 14.5 Å². The van der Waals surface area contributed by atoms with Crippen molar-refractivity contribution in [3.05, 3.63) is 71.8 Å². The Labute approximate surface area is 178 Å². The normalized spacial score (nSPS) is 18.1. The lowest BCUT2D eigenvalue weighted by atomic mass is 10.1. The van der Waals surface area contributed by atoms with E-state index >= 15 is 0 Å². The number of piperazine rings is 1. The zero-order valence-electron chi connectivity index (χ0n) is 16.9. The fourth-order valence-electron chi connectivity index (χ4n) is 3.50. The topological polar surface area (TPSA) is 69.7 Å². The van der Waals surface area contributed by atoms with Crippen molar-refractivity contribution < 1.29 is 13.2 Å². The first kappa shape index (κ1) is 20.8. The number of carbonyl (C=O) groups is 1. The molecule has 1 aliphatic carbocycles. The summed E-state index contributed by atoms with van der Waals surface area (Å²) >= 11 is 0. The SMILES string of the molecule is O=C(c1cccc(S(=O)(=O)NC2CC2)c1)N1CCN(C/C=C/c2ccccc2)CC1. The van der Waals surface area contributed by atoms with E-state index < -0.39 is 10.0 Å². The predicted octanol–water partition coefficient (Wildman–Crippen LogP) is 2.60. The van der Waals surface area contributed by atoms with Gasteiger partial charge in [-0.2, -0.15) is 0 Å². The van der Waals surface area contributed by atoms with Gasteiger partial charge < -0.3 is 4.90 Å². The molecule has 2 aromatic rings. The van der Waals surface area contributed by atoms with Crippen LogP contribution >= 0.6 is 0 Å². The lowest BCUT2D eigenvalue weighted by molar-refractivity contribution is 0.0650. The Kier molecular flexibility index (Phi) is 6.32. The van der Waals surface area contributed by atoms with E-state index in [1.807, 2.05) is 18.2 Å². The van der Waals surface area contributed by atoms with Gasteiger partial charge in [-0.3, -0.25) is 9.69 Å². The molecule has 4 rings (SSSR count). The van der Waals surface area contributed by atoms with Crippen molar-refractivity contribution in [2.75, 3.05) is 32.7 Å². The van der Waals surface area contributed by atoms with Gasteiger partial charge in [-0.05, 0) is 36.6 Å². The van der Waals surface area contributed by atoms with Crippen molar-refractivity contribution in [2.24, 2.45) is 0 Å². The maximum absolute atomic E-state index is 12.9. The largest absolute Gasteiger partial charge is 0.336 e. The fraction of sp³-hybridized carbons (Fsp3) is 0.348. The van der Waals surface area contributed by atoms with Gasteiger partial charge in [0.2, 0.25) is 10.0 Å². The van der Waals surface area contributed by atoms with Crippen LogP contribution in [0.1, 0.15) is 28.8 Å². The number of hydrogen-bond acceptors (Lipinski definition) is 4. The lowest BCUT2D eigenvalue weighted by Gasteiger charge is -2.34. The Bertz CT molecular complexity index is 1010. The molecule has 0 atom stereocenters. The van der Waals surface area contributed by atoms with Gasteiger partial charge in [-0.15, -0.1) is 0 Å². The third kappa shape index (κ3) is 5.36. The zero-order valence-corrected chi connectivity index (χ0v) is 17.7. The predicted molar refractivity (Wildman–Crippen MR) is 118 cm³/mol. The smallest absolute Gasteiger partial charge is 0.253 e. The number of nitrogens with one attached hydrogen (secondary N) is 1. The maximum atomic E-state index is 12.9. The fourth-order valence-corrected chi connectivity index (χ4v) is 4.85. The molecule has 1 saturated heterocycles. The monoisotopic (exact) mass is 425 g/mol. The summed E-state index contributed by atoms with van der Waals surface area (Å²) in [6, 6.07) is 16.6. The molecule has 1 aliphatic heterocycles. The molecule has 158 valence electrons. The standard InChI is InChI=1S/C23H27N3O3S/c27-23(20-9-4-10-22(18-20)30(28,29)24-21-11-12-21)26-16-14-25(15-17-26)13-5-8-19-6-2-1-3-7-19/h1-10,18,21,24H,11-17H2/b8-5+. The molecule has 1 saturated carbocycles. The second-order valence-electron chi connectivity index (χ2n) is 7.83. The highest BCUT2D eigenvalue weighted by Gasteiger charge is 2.29.